The Morgan fingerprint density at radius 2 is 2.20 bits per heavy atom. The van der Waals surface area contributed by atoms with Gasteiger partial charge in [-0.15, -0.1) is 0 Å². The maximum atomic E-state index is 9.15. The fourth-order valence-electron chi connectivity index (χ4n) is 1.91. The quantitative estimate of drug-likeness (QED) is 0.735. The summed E-state index contributed by atoms with van der Waals surface area (Å²) in [5.41, 5.74) is 6.77. The van der Waals surface area contributed by atoms with E-state index in [4.69, 9.17) is 10.8 Å². The number of pyridine rings is 1. The van der Waals surface area contributed by atoms with Gasteiger partial charge in [-0.25, -0.2) is 0 Å². The van der Waals surface area contributed by atoms with Crippen molar-refractivity contribution in [2.24, 2.45) is 5.73 Å². The van der Waals surface area contributed by atoms with E-state index < -0.39 is 0 Å². The molecule has 4 heteroatoms. The maximum Gasteiger partial charge on any atom is 0.0612 e. The Kier molecular flexibility index (Phi) is 2.88. The summed E-state index contributed by atoms with van der Waals surface area (Å²) in [5.74, 6) is 0. The van der Waals surface area contributed by atoms with E-state index in [9.17, 15) is 0 Å². The molecule has 1 aromatic heterocycles. The molecule has 1 saturated heterocycles. The number of aromatic nitrogens is 1. The summed E-state index contributed by atoms with van der Waals surface area (Å²) in [4.78, 5) is 6.35. The molecule has 3 N–H and O–H groups in total. The number of nitrogens with two attached hydrogens (primary N) is 1. The molecular weight excluding hydrogens is 190 g/mol. The summed E-state index contributed by atoms with van der Waals surface area (Å²) in [6.07, 6.45) is 5.30. The van der Waals surface area contributed by atoms with Crippen LogP contribution in [0, 0.1) is 0 Å². The highest BCUT2D eigenvalue weighted by Gasteiger charge is 2.29. The van der Waals surface area contributed by atoms with E-state index in [1.165, 1.54) is 0 Å². The predicted octanol–water partition coefficient (Wildman–Crippen LogP) is 0.372. The van der Waals surface area contributed by atoms with Gasteiger partial charge < -0.3 is 15.7 Å². The number of nitrogens with zero attached hydrogens (tertiary/aromatic N) is 2. The molecule has 0 radical (unpaired) electrons. The van der Waals surface area contributed by atoms with Crippen molar-refractivity contribution in [3.63, 3.8) is 0 Å². The highest BCUT2D eigenvalue weighted by Crippen LogP contribution is 2.23. The molecule has 1 aliphatic heterocycles. The molecule has 1 aliphatic rings. The largest absolute Gasteiger partial charge is 0.394 e. The minimum absolute atomic E-state index is 0.0773. The average Bonchev–Trinajstić information content (AvgIpc) is 2.31. The Labute approximate surface area is 89.7 Å². The standard InChI is InChI=1S/C11H17N3O/c12-11(9-15)3-6-14(7-4-11)10-2-1-5-13-8-10/h1-2,5,8,15H,3-4,6-7,9,12H2. The van der Waals surface area contributed by atoms with Gasteiger partial charge in [0.15, 0.2) is 0 Å². The third-order valence-electron chi connectivity index (χ3n) is 3.09. The van der Waals surface area contributed by atoms with Gasteiger partial charge in [0.25, 0.3) is 0 Å². The Bertz CT molecular complexity index is 307. The minimum Gasteiger partial charge on any atom is -0.394 e. The molecule has 0 bridgehead atoms. The van der Waals surface area contributed by atoms with Gasteiger partial charge in [0.1, 0.15) is 0 Å². The van der Waals surface area contributed by atoms with Crippen molar-refractivity contribution in [2.45, 2.75) is 18.4 Å². The van der Waals surface area contributed by atoms with E-state index in [0.717, 1.165) is 31.6 Å². The molecule has 82 valence electrons. The van der Waals surface area contributed by atoms with Crippen LogP contribution >= 0.6 is 0 Å². The van der Waals surface area contributed by atoms with Gasteiger partial charge in [-0.2, -0.15) is 0 Å². The van der Waals surface area contributed by atoms with Crippen LogP contribution in [0.15, 0.2) is 24.5 Å². The smallest absolute Gasteiger partial charge is 0.0612 e. The molecule has 1 aromatic rings. The fraction of sp³-hybridized carbons (Fsp3) is 0.545. The molecular formula is C11H17N3O. The van der Waals surface area contributed by atoms with E-state index in [2.05, 4.69) is 16.0 Å². The molecule has 0 atom stereocenters. The number of rotatable bonds is 2. The second kappa shape index (κ2) is 4.16. The Balaban J connectivity index is 2.00. The highest BCUT2D eigenvalue weighted by molar-refractivity contribution is 5.44. The normalized spacial score (nSPS) is 20.3. The van der Waals surface area contributed by atoms with Crippen LogP contribution < -0.4 is 10.6 Å². The Hall–Kier alpha value is -1.13. The van der Waals surface area contributed by atoms with Gasteiger partial charge in [0.05, 0.1) is 18.5 Å². The topological polar surface area (TPSA) is 62.4 Å². The van der Waals surface area contributed by atoms with Gasteiger partial charge >= 0.3 is 0 Å². The Morgan fingerprint density at radius 1 is 1.47 bits per heavy atom. The lowest BCUT2D eigenvalue weighted by atomic mass is 9.89. The van der Waals surface area contributed by atoms with Crippen LogP contribution in [0.4, 0.5) is 5.69 Å². The number of piperidine rings is 1. The fourth-order valence-corrected chi connectivity index (χ4v) is 1.91. The molecule has 0 aliphatic carbocycles. The summed E-state index contributed by atoms with van der Waals surface area (Å²) < 4.78 is 0. The molecule has 2 rings (SSSR count). The molecule has 0 unspecified atom stereocenters. The lowest BCUT2D eigenvalue weighted by Gasteiger charge is -2.38. The monoisotopic (exact) mass is 207 g/mol. The molecule has 15 heavy (non-hydrogen) atoms. The molecule has 0 amide bonds. The zero-order valence-electron chi connectivity index (χ0n) is 8.76. The van der Waals surface area contributed by atoms with Crippen molar-refractivity contribution in [1.29, 1.82) is 0 Å². The van der Waals surface area contributed by atoms with Gasteiger partial charge in [0, 0.05) is 24.8 Å². The number of aliphatic hydroxyl groups is 1. The summed E-state index contributed by atoms with van der Waals surface area (Å²) in [6.45, 7) is 1.86. The van der Waals surface area contributed by atoms with Gasteiger partial charge in [0.2, 0.25) is 0 Å². The van der Waals surface area contributed by atoms with Crippen LogP contribution in [-0.2, 0) is 0 Å². The van der Waals surface area contributed by atoms with Crippen molar-refractivity contribution in [2.75, 3.05) is 24.6 Å². The van der Waals surface area contributed by atoms with E-state index in [1.807, 2.05) is 12.3 Å². The first-order valence-corrected chi connectivity index (χ1v) is 5.28. The van der Waals surface area contributed by atoms with E-state index in [1.54, 1.807) is 6.20 Å². The SMILES string of the molecule is NC1(CO)CCN(c2cccnc2)CC1. The number of aliphatic hydroxyl groups excluding tert-OH is 1. The summed E-state index contributed by atoms with van der Waals surface area (Å²) in [7, 11) is 0. The molecule has 2 heterocycles. The first kappa shape index (κ1) is 10.4. The predicted molar refractivity (Wildman–Crippen MR) is 59.7 cm³/mol. The van der Waals surface area contributed by atoms with Crippen molar-refractivity contribution in [1.82, 2.24) is 4.98 Å². The molecule has 0 saturated carbocycles. The maximum absolute atomic E-state index is 9.15. The van der Waals surface area contributed by atoms with Crippen LogP contribution in [-0.4, -0.2) is 35.3 Å². The van der Waals surface area contributed by atoms with Gasteiger partial charge in [-0.05, 0) is 25.0 Å². The second-order valence-corrected chi connectivity index (χ2v) is 4.22. The Morgan fingerprint density at radius 3 is 2.73 bits per heavy atom. The lowest BCUT2D eigenvalue weighted by molar-refractivity contribution is 0.170. The van der Waals surface area contributed by atoms with Gasteiger partial charge in [-0.3, -0.25) is 4.98 Å². The number of hydrogen-bond donors (Lipinski definition) is 2. The van der Waals surface area contributed by atoms with Crippen LogP contribution in [0.2, 0.25) is 0 Å². The summed E-state index contributed by atoms with van der Waals surface area (Å²) in [5, 5.41) is 9.15. The summed E-state index contributed by atoms with van der Waals surface area (Å²) in [6, 6.07) is 3.99. The highest BCUT2D eigenvalue weighted by atomic mass is 16.3. The molecule has 0 aromatic carbocycles. The van der Waals surface area contributed by atoms with E-state index >= 15 is 0 Å². The van der Waals surface area contributed by atoms with E-state index in [0.29, 0.717) is 0 Å². The summed E-state index contributed by atoms with van der Waals surface area (Å²) >= 11 is 0. The van der Waals surface area contributed by atoms with Crippen molar-refractivity contribution in [3.05, 3.63) is 24.5 Å². The van der Waals surface area contributed by atoms with Crippen molar-refractivity contribution >= 4 is 5.69 Å². The van der Waals surface area contributed by atoms with Crippen LogP contribution in [0.1, 0.15) is 12.8 Å². The first-order chi connectivity index (χ1) is 7.23. The number of hydrogen-bond acceptors (Lipinski definition) is 4. The number of anilines is 1. The molecule has 1 fully saturated rings. The van der Waals surface area contributed by atoms with Crippen LogP contribution in [0.25, 0.3) is 0 Å². The minimum atomic E-state index is -0.376. The second-order valence-electron chi connectivity index (χ2n) is 4.22. The van der Waals surface area contributed by atoms with Crippen LogP contribution in [0.3, 0.4) is 0 Å². The van der Waals surface area contributed by atoms with Gasteiger partial charge in [-0.1, -0.05) is 0 Å². The molecule has 0 spiro atoms. The zero-order chi connectivity index (χ0) is 10.7. The van der Waals surface area contributed by atoms with Crippen molar-refractivity contribution < 1.29 is 5.11 Å². The third-order valence-corrected chi connectivity index (χ3v) is 3.09. The van der Waals surface area contributed by atoms with E-state index in [-0.39, 0.29) is 12.1 Å². The molecule has 4 nitrogen and oxygen atoms in total. The van der Waals surface area contributed by atoms with Crippen molar-refractivity contribution in [3.8, 4) is 0 Å². The zero-order valence-corrected chi connectivity index (χ0v) is 8.76. The average molecular weight is 207 g/mol. The lowest BCUT2D eigenvalue weighted by Crippen LogP contribution is -2.52. The first-order valence-electron chi connectivity index (χ1n) is 5.28. The third kappa shape index (κ3) is 2.27. The van der Waals surface area contributed by atoms with Crippen LogP contribution in [0.5, 0.6) is 0 Å².